The summed E-state index contributed by atoms with van der Waals surface area (Å²) >= 11 is 0. The van der Waals surface area contributed by atoms with Crippen LogP contribution in [0, 0.1) is 0 Å². The van der Waals surface area contributed by atoms with Gasteiger partial charge >= 0.3 is 17.1 Å². The first-order valence-corrected chi connectivity index (χ1v) is 16.4. The Balaban J connectivity index is 0.000000303. The number of para-hydroxylation sites is 1. The molecule has 1 aromatic rings. The van der Waals surface area contributed by atoms with Gasteiger partial charge in [0, 0.05) is 45.3 Å². The first-order valence-electron chi connectivity index (χ1n) is 11.3. The van der Waals surface area contributed by atoms with Gasteiger partial charge in [-0.3, -0.25) is 0 Å². The van der Waals surface area contributed by atoms with Crippen LogP contribution in [0.15, 0.2) is 30.3 Å². The summed E-state index contributed by atoms with van der Waals surface area (Å²) in [5.41, 5.74) is 1.10. The largest absolute Gasteiger partial charge is 0.397 e. The van der Waals surface area contributed by atoms with Crippen LogP contribution in [0.25, 0.3) is 0 Å². The van der Waals surface area contributed by atoms with E-state index >= 15 is 0 Å². The summed E-state index contributed by atoms with van der Waals surface area (Å²) in [6.07, 6.45) is 8.48. The van der Waals surface area contributed by atoms with Crippen molar-refractivity contribution < 1.29 is 17.7 Å². The molecule has 0 aliphatic heterocycles. The minimum absolute atomic E-state index is 0.696. The zero-order valence-electron chi connectivity index (χ0n) is 20.0. The zero-order valence-corrected chi connectivity index (χ0v) is 22.0. The molecule has 0 radical (unpaired) electrons. The van der Waals surface area contributed by atoms with Crippen molar-refractivity contribution in [2.24, 2.45) is 0 Å². The highest BCUT2D eigenvalue weighted by Gasteiger charge is 2.31. The normalized spacial score (nSPS) is 15.4. The molecule has 0 atom stereocenters. The van der Waals surface area contributed by atoms with Crippen molar-refractivity contribution >= 4 is 22.8 Å². The number of benzene rings is 1. The fourth-order valence-electron chi connectivity index (χ4n) is 3.44. The van der Waals surface area contributed by atoms with E-state index < -0.39 is 17.1 Å². The smallest absolute Gasteiger partial charge is 0.354 e. The molecule has 2 N–H and O–H groups in total. The lowest BCUT2D eigenvalue weighted by atomic mass is 9.96. The van der Waals surface area contributed by atoms with Crippen LogP contribution >= 0.6 is 0 Å². The predicted octanol–water partition coefficient (Wildman–Crippen LogP) is 4.60. The summed E-state index contributed by atoms with van der Waals surface area (Å²) in [6.45, 7) is 9.80. The molecule has 0 heterocycles. The van der Waals surface area contributed by atoms with Crippen LogP contribution in [0.4, 0.5) is 5.69 Å². The highest BCUT2D eigenvalue weighted by molar-refractivity contribution is 6.66. The van der Waals surface area contributed by atoms with E-state index in [1.807, 2.05) is 50.7 Å². The minimum atomic E-state index is -1.99. The van der Waals surface area contributed by atoms with Crippen LogP contribution in [0.2, 0.25) is 13.1 Å². The van der Waals surface area contributed by atoms with E-state index in [9.17, 15) is 0 Å². The fraction of sp³-hybridized carbons (Fsp3) is 0.727. The molecule has 0 spiro atoms. The SMILES string of the molecule is CCO[Si](C)(CNC1CCCCC1)OCC.CO[Si](C)(CNc1ccccc1)OC. The maximum atomic E-state index is 5.82. The molecular weight excluding hydrogens is 412 g/mol. The van der Waals surface area contributed by atoms with Gasteiger partial charge in [-0.25, -0.2) is 0 Å². The topological polar surface area (TPSA) is 61.0 Å². The van der Waals surface area contributed by atoms with Gasteiger partial charge in [-0.2, -0.15) is 0 Å². The van der Waals surface area contributed by atoms with E-state index in [0.29, 0.717) is 6.04 Å². The molecule has 1 saturated carbocycles. The van der Waals surface area contributed by atoms with Crippen molar-refractivity contribution in [3.8, 4) is 0 Å². The van der Waals surface area contributed by atoms with Crippen molar-refractivity contribution in [2.75, 3.05) is 45.1 Å². The monoisotopic (exact) mass is 456 g/mol. The molecule has 174 valence electrons. The Morgan fingerprint density at radius 3 is 1.90 bits per heavy atom. The molecule has 0 saturated heterocycles. The maximum absolute atomic E-state index is 5.82. The number of anilines is 1. The van der Waals surface area contributed by atoms with Crippen molar-refractivity contribution in [3.05, 3.63) is 30.3 Å². The van der Waals surface area contributed by atoms with Crippen LogP contribution < -0.4 is 10.6 Å². The Labute approximate surface area is 186 Å². The molecule has 2 rings (SSSR count). The molecule has 1 aromatic carbocycles. The molecular formula is C22H44N2O4Si2. The Morgan fingerprint density at radius 1 is 0.833 bits per heavy atom. The van der Waals surface area contributed by atoms with E-state index in [0.717, 1.165) is 31.2 Å². The summed E-state index contributed by atoms with van der Waals surface area (Å²) in [5, 5.41) is 6.94. The second-order valence-electron chi connectivity index (χ2n) is 7.98. The van der Waals surface area contributed by atoms with Crippen LogP contribution in [-0.2, 0) is 17.7 Å². The molecule has 6 nitrogen and oxygen atoms in total. The molecule has 30 heavy (non-hydrogen) atoms. The lowest BCUT2D eigenvalue weighted by molar-refractivity contribution is 0.184. The Morgan fingerprint density at radius 2 is 1.40 bits per heavy atom. The van der Waals surface area contributed by atoms with Crippen LogP contribution in [0.3, 0.4) is 0 Å². The quantitative estimate of drug-likeness (QED) is 0.448. The van der Waals surface area contributed by atoms with Gasteiger partial charge in [0.1, 0.15) is 0 Å². The first-order chi connectivity index (χ1) is 14.4. The zero-order chi connectivity index (χ0) is 22.3. The minimum Gasteiger partial charge on any atom is -0.397 e. The standard InChI is InChI=1S/C12H27NO2Si.C10H17NO2Si/c1-4-14-16(3,15-5-2)11-13-12-9-7-6-8-10-12;1-12-14(3,13-2)9-11-10-7-5-4-6-8-10/h12-13H,4-11H2,1-3H3;4-8,11H,9H2,1-3H3. The van der Waals surface area contributed by atoms with E-state index in [1.54, 1.807) is 14.2 Å². The summed E-state index contributed by atoms with van der Waals surface area (Å²) in [6, 6.07) is 10.7. The Hall–Kier alpha value is -0.746. The molecule has 0 aromatic heterocycles. The molecule has 1 aliphatic rings. The number of hydrogen-bond donors (Lipinski definition) is 2. The molecule has 0 unspecified atom stereocenters. The van der Waals surface area contributed by atoms with E-state index in [2.05, 4.69) is 17.2 Å². The number of rotatable bonds is 12. The van der Waals surface area contributed by atoms with E-state index in [1.165, 1.54) is 32.1 Å². The van der Waals surface area contributed by atoms with Gasteiger partial charge < -0.3 is 28.3 Å². The van der Waals surface area contributed by atoms with Crippen molar-refractivity contribution in [1.29, 1.82) is 0 Å². The molecule has 1 fully saturated rings. The van der Waals surface area contributed by atoms with E-state index in [4.69, 9.17) is 17.7 Å². The van der Waals surface area contributed by atoms with Gasteiger partial charge in [0.25, 0.3) is 0 Å². The second kappa shape index (κ2) is 15.1. The van der Waals surface area contributed by atoms with Crippen LogP contribution in [0.5, 0.6) is 0 Å². The lowest BCUT2D eigenvalue weighted by Gasteiger charge is -2.30. The third-order valence-corrected chi connectivity index (χ3v) is 10.7. The molecule has 8 heteroatoms. The summed E-state index contributed by atoms with van der Waals surface area (Å²) in [4.78, 5) is 0. The first kappa shape index (κ1) is 27.3. The van der Waals surface area contributed by atoms with Gasteiger partial charge in [-0.15, -0.1) is 0 Å². The molecule has 0 amide bonds. The average Bonchev–Trinajstić information content (AvgIpc) is 2.78. The van der Waals surface area contributed by atoms with E-state index in [-0.39, 0.29) is 0 Å². The fourth-order valence-corrected chi connectivity index (χ4v) is 6.59. The van der Waals surface area contributed by atoms with Gasteiger partial charge in [0.15, 0.2) is 0 Å². The number of nitrogens with one attached hydrogen (secondary N) is 2. The summed E-state index contributed by atoms with van der Waals surface area (Å²) in [5.74, 6) is 0. The second-order valence-corrected chi connectivity index (χ2v) is 14.6. The Kier molecular flexibility index (Phi) is 13.8. The van der Waals surface area contributed by atoms with Crippen molar-refractivity contribution in [1.82, 2.24) is 5.32 Å². The van der Waals surface area contributed by atoms with Gasteiger partial charge in [0.2, 0.25) is 0 Å². The molecule has 1 aliphatic carbocycles. The van der Waals surface area contributed by atoms with Crippen LogP contribution in [0.1, 0.15) is 46.0 Å². The summed E-state index contributed by atoms with van der Waals surface area (Å²) in [7, 11) is -0.542. The lowest BCUT2D eigenvalue weighted by Crippen LogP contribution is -2.51. The number of hydrogen-bond acceptors (Lipinski definition) is 6. The maximum Gasteiger partial charge on any atom is 0.354 e. The third kappa shape index (κ3) is 11.0. The highest BCUT2D eigenvalue weighted by Crippen LogP contribution is 2.18. The van der Waals surface area contributed by atoms with Crippen molar-refractivity contribution in [3.63, 3.8) is 0 Å². The predicted molar refractivity (Wildman–Crippen MR) is 130 cm³/mol. The van der Waals surface area contributed by atoms with Gasteiger partial charge in [-0.1, -0.05) is 37.5 Å². The van der Waals surface area contributed by atoms with Gasteiger partial charge in [0.05, 0.1) is 6.17 Å². The van der Waals surface area contributed by atoms with Gasteiger partial charge in [-0.05, 0) is 51.9 Å². The summed E-state index contributed by atoms with van der Waals surface area (Å²) < 4.78 is 22.4. The Bertz CT molecular complexity index is 535. The highest BCUT2D eigenvalue weighted by atomic mass is 28.4. The third-order valence-electron chi connectivity index (χ3n) is 5.47. The average molecular weight is 457 g/mol. The van der Waals surface area contributed by atoms with Crippen molar-refractivity contribution in [2.45, 2.75) is 65.1 Å². The molecule has 0 bridgehead atoms. The van der Waals surface area contributed by atoms with Crippen LogP contribution in [-0.4, -0.2) is 62.9 Å².